The highest BCUT2D eigenvalue weighted by atomic mass is 35.5. The van der Waals surface area contributed by atoms with E-state index in [1.807, 2.05) is 53.2 Å². The molecule has 1 aliphatic carbocycles. The van der Waals surface area contributed by atoms with Gasteiger partial charge in [0.1, 0.15) is 29.3 Å². The van der Waals surface area contributed by atoms with Crippen molar-refractivity contribution in [3.8, 4) is 16.2 Å². The maximum absolute atomic E-state index is 6.60. The third kappa shape index (κ3) is 5.83. The zero-order valence-electron chi connectivity index (χ0n) is 24.7. The second-order valence-electron chi connectivity index (χ2n) is 12.2. The van der Waals surface area contributed by atoms with E-state index >= 15 is 0 Å². The molecule has 7 nitrogen and oxygen atoms in total. The Morgan fingerprint density at radius 3 is 2.64 bits per heavy atom. The van der Waals surface area contributed by atoms with Crippen LogP contribution in [0.25, 0.3) is 20.7 Å². The Morgan fingerprint density at radius 2 is 1.88 bits per heavy atom. The monoisotopic (exact) mass is 617 g/mol. The molecule has 1 aliphatic rings. The first kappa shape index (κ1) is 28.9. The smallest absolute Gasteiger partial charge is 0.192 e. The molecule has 0 spiro atoms. The number of ether oxygens (including phenoxy) is 1. The van der Waals surface area contributed by atoms with Crippen LogP contribution in [0.3, 0.4) is 0 Å². The van der Waals surface area contributed by atoms with Crippen molar-refractivity contribution in [1.82, 2.24) is 19.7 Å². The highest BCUT2D eigenvalue weighted by Crippen LogP contribution is 2.45. The molecule has 0 radical (unpaired) electrons. The van der Waals surface area contributed by atoms with E-state index < -0.39 is 8.32 Å². The van der Waals surface area contributed by atoms with Gasteiger partial charge in [0.15, 0.2) is 8.32 Å². The van der Waals surface area contributed by atoms with Crippen LogP contribution in [0.5, 0.6) is 5.75 Å². The van der Waals surface area contributed by atoms with Gasteiger partial charge in [-0.1, -0.05) is 62.7 Å². The van der Waals surface area contributed by atoms with E-state index in [1.54, 1.807) is 17.7 Å². The molecule has 0 bridgehead atoms. The molecule has 2 aromatic carbocycles. The molecule has 0 unspecified atom stereocenters. The predicted molar refractivity (Wildman–Crippen MR) is 175 cm³/mol. The maximum atomic E-state index is 6.60. The van der Waals surface area contributed by atoms with Gasteiger partial charge in [-0.25, -0.2) is 9.97 Å². The molecule has 1 N–H and O–H groups in total. The fourth-order valence-electron chi connectivity index (χ4n) is 4.91. The molecule has 0 aliphatic heterocycles. The molecule has 0 amide bonds. The van der Waals surface area contributed by atoms with Crippen molar-refractivity contribution in [3.63, 3.8) is 0 Å². The van der Waals surface area contributed by atoms with E-state index in [0.29, 0.717) is 24.0 Å². The van der Waals surface area contributed by atoms with Crippen LogP contribution in [0.15, 0.2) is 61.1 Å². The fraction of sp³-hybridized carbons (Fsp3) is 0.344. The standard InChI is InChI=1S/C32H36ClN5O2SSi/c1-32(2,3)42(4,5)40-16-15-38-18-24-26(37-38)13-12-23-28-30(34-20-35-31(28)41-29(23)24)36-22-11-14-27(25(33)17-22)39-19-21-9-7-6-8-10-21/h6-11,14,17-18,20H,12-13,15-16,19H2,1-5H3,(H,34,35,36). The summed E-state index contributed by atoms with van der Waals surface area (Å²) < 4.78 is 14.4. The van der Waals surface area contributed by atoms with E-state index in [9.17, 15) is 0 Å². The normalized spacial score (nSPS) is 13.2. The summed E-state index contributed by atoms with van der Waals surface area (Å²) in [5, 5.41) is 10.2. The van der Waals surface area contributed by atoms with Gasteiger partial charge in [-0.05, 0) is 60.3 Å². The molecule has 0 fully saturated rings. The summed E-state index contributed by atoms with van der Waals surface area (Å²) in [4.78, 5) is 11.5. The fourth-order valence-corrected chi connectivity index (χ4v) is 7.41. The molecule has 42 heavy (non-hydrogen) atoms. The van der Waals surface area contributed by atoms with E-state index in [1.165, 1.54) is 16.0 Å². The maximum Gasteiger partial charge on any atom is 0.192 e. The molecular weight excluding hydrogens is 582 g/mol. The van der Waals surface area contributed by atoms with Gasteiger partial charge in [-0.3, -0.25) is 4.68 Å². The van der Waals surface area contributed by atoms with Crippen molar-refractivity contribution in [2.45, 2.75) is 64.9 Å². The first-order valence-corrected chi connectivity index (χ1v) is 18.4. The van der Waals surface area contributed by atoms with Crippen LogP contribution in [-0.4, -0.2) is 34.7 Å². The predicted octanol–water partition coefficient (Wildman–Crippen LogP) is 8.65. The van der Waals surface area contributed by atoms with Crippen LogP contribution < -0.4 is 10.1 Å². The van der Waals surface area contributed by atoms with E-state index in [2.05, 4.69) is 55.3 Å². The van der Waals surface area contributed by atoms with Crippen molar-refractivity contribution in [2.75, 3.05) is 11.9 Å². The van der Waals surface area contributed by atoms with Gasteiger partial charge in [0.05, 0.1) is 29.3 Å². The van der Waals surface area contributed by atoms with Crippen molar-refractivity contribution < 1.29 is 9.16 Å². The number of aromatic nitrogens is 4. The summed E-state index contributed by atoms with van der Waals surface area (Å²) in [5.74, 6) is 1.43. The summed E-state index contributed by atoms with van der Waals surface area (Å²) in [5.41, 5.74) is 5.55. The Bertz CT molecular complexity index is 1730. The number of hydrogen-bond donors (Lipinski definition) is 1. The highest BCUT2D eigenvalue weighted by molar-refractivity contribution is 7.22. The minimum absolute atomic E-state index is 0.193. The molecule has 0 saturated carbocycles. The van der Waals surface area contributed by atoms with Crippen LogP contribution in [0.1, 0.15) is 37.6 Å². The lowest BCUT2D eigenvalue weighted by molar-refractivity contribution is 0.265. The highest BCUT2D eigenvalue weighted by Gasteiger charge is 2.37. The third-order valence-electron chi connectivity index (χ3n) is 8.30. The number of halogens is 1. The van der Waals surface area contributed by atoms with Crippen LogP contribution >= 0.6 is 22.9 Å². The number of nitrogens with zero attached hydrogens (tertiary/aromatic N) is 4. The van der Waals surface area contributed by atoms with Gasteiger partial charge in [-0.2, -0.15) is 5.10 Å². The zero-order chi connectivity index (χ0) is 29.5. The number of thiophene rings is 1. The molecule has 5 aromatic rings. The quantitative estimate of drug-likeness (QED) is 0.167. The number of rotatable bonds is 9. The van der Waals surface area contributed by atoms with Crippen LogP contribution in [0, 0.1) is 0 Å². The molecule has 0 atom stereocenters. The van der Waals surface area contributed by atoms with Crippen LogP contribution in [0.2, 0.25) is 23.2 Å². The number of nitrogens with one attached hydrogen (secondary N) is 1. The van der Waals surface area contributed by atoms with Crippen LogP contribution in [0.4, 0.5) is 11.5 Å². The van der Waals surface area contributed by atoms with Gasteiger partial charge in [0.2, 0.25) is 0 Å². The minimum atomic E-state index is -1.79. The SMILES string of the molecule is CC(C)(C)[Si](C)(C)OCCn1cc2c(n1)CCc1c-2sc2ncnc(Nc3ccc(OCc4ccccc4)c(Cl)c3)c12. The zero-order valence-corrected chi connectivity index (χ0v) is 27.3. The number of aryl methyl sites for hydroxylation is 2. The summed E-state index contributed by atoms with van der Waals surface area (Å²) in [7, 11) is -1.79. The lowest BCUT2D eigenvalue weighted by Crippen LogP contribution is -2.41. The molecule has 3 heterocycles. The molecule has 10 heteroatoms. The van der Waals surface area contributed by atoms with Crippen molar-refractivity contribution in [3.05, 3.63) is 82.9 Å². The number of anilines is 2. The van der Waals surface area contributed by atoms with Gasteiger partial charge in [-0.15, -0.1) is 11.3 Å². The van der Waals surface area contributed by atoms with Crippen molar-refractivity contribution in [1.29, 1.82) is 0 Å². The van der Waals surface area contributed by atoms with Gasteiger partial charge < -0.3 is 14.5 Å². The number of hydrogen-bond acceptors (Lipinski definition) is 7. The first-order valence-electron chi connectivity index (χ1n) is 14.3. The Kier molecular flexibility index (Phi) is 7.86. The molecule has 6 rings (SSSR count). The Balaban J connectivity index is 1.20. The Morgan fingerprint density at radius 1 is 1.07 bits per heavy atom. The number of benzene rings is 2. The van der Waals surface area contributed by atoms with Crippen molar-refractivity contribution in [2.24, 2.45) is 0 Å². The summed E-state index contributed by atoms with van der Waals surface area (Å²) in [6.45, 7) is 13.3. The second kappa shape index (κ2) is 11.4. The summed E-state index contributed by atoms with van der Waals surface area (Å²) >= 11 is 8.31. The topological polar surface area (TPSA) is 74.1 Å². The van der Waals surface area contributed by atoms with Gasteiger partial charge in [0.25, 0.3) is 0 Å². The summed E-state index contributed by atoms with van der Waals surface area (Å²) in [6, 6.07) is 15.8. The lowest BCUT2D eigenvalue weighted by Gasteiger charge is -2.36. The Labute approximate surface area is 257 Å². The first-order chi connectivity index (χ1) is 20.1. The van der Waals surface area contributed by atoms with E-state index in [4.69, 9.17) is 25.9 Å². The lowest BCUT2D eigenvalue weighted by atomic mass is 9.95. The van der Waals surface area contributed by atoms with Crippen molar-refractivity contribution >= 4 is 53.0 Å². The van der Waals surface area contributed by atoms with Gasteiger partial charge in [0, 0.05) is 22.3 Å². The molecule has 218 valence electrons. The second-order valence-corrected chi connectivity index (χ2v) is 18.4. The Hall–Kier alpha value is -3.24. The minimum Gasteiger partial charge on any atom is -0.487 e. The van der Waals surface area contributed by atoms with Crippen LogP contribution in [-0.2, 0) is 30.4 Å². The molecule has 3 aromatic heterocycles. The third-order valence-corrected chi connectivity index (χ3v) is 14.3. The van der Waals surface area contributed by atoms with E-state index in [0.717, 1.165) is 52.4 Å². The van der Waals surface area contributed by atoms with Gasteiger partial charge >= 0.3 is 0 Å². The average Bonchev–Trinajstić information content (AvgIpc) is 3.54. The average molecular weight is 618 g/mol. The van der Waals surface area contributed by atoms with E-state index in [-0.39, 0.29) is 5.04 Å². The molecular formula is C32H36ClN5O2SSi. The summed E-state index contributed by atoms with van der Waals surface area (Å²) in [6.07, 6.45) is 5.58. The number of fused-ring (bicyclic) bond motifs is 5. The molecule has 0 saturated heterocycles. The largest absolute Gasteiger partial charge is 0.487 e.